The van der Waals surface area contributed by atoms with Gasteiger partial charge < -0.3 is 25.6 Å². The molecule has 0 radical (unpaired) electrons. The van der Waals surface area contributed by atoms with E-state index in [0.717, 1.165) is 16.7 Å². The lowest BCUT2D eigenvalue weighted by molar-refractivity contribution is -0.111. The van der Waals surface area contributed by atoms with Crippen LogP contribution in [0.4, 0.5) is 23.0 Å². The molecule has 0 aliphatic heterocycles. The number of nitrogens with one attached hydrogen (secondary N) is 3. The summed E-state index contributed by atoms with van der Waals surface area (Å²) in [6.45, 7) is 3.16. The molecule has 44 heavy (non-hydrogen) atoms. The number of carbonyl (C=O) groups is 2. The van der Waals surface area contributed by atoms with E-state index in [1.807, 2.05) is 67.0 Å². The van der Waals surface area contributed by atoms with E-state index in [9.17, 15) is 9.59 Å². The largest absolute Gasteiger partial charge is 0.493 e. The van der Waals surface area contributed by atoms with Crippen LogP contribution in [0.5, 0.6) is 5.75 Å². The molecule has 5 aromatic rings. The molecule has 224 valence electrons. The van der Waals surface area contributed by atoms with Crippen molar-refractivity contribution in [2.24, 2.45) is 0 Å². The standard InChI is InChI=1S/C33H32ClN7O3/c1-4-44-29-14-7-13-28-26(29)16-18-41(28)31-27(34)21-35-33(39-31)38-25-12-6-11-24(20-25)37-32(43)22-9-5-10-23(19-22)36-30(42)15-8-17-40(2)3/h5-16,18-21H,4,17H2,1-3H3,(H,36,42)(H,37,43)(H,35,38,39). The second-order valence-electron chi connectivity index (χ2n) is 10.1. The monoisotopic (exact) mass is 609 g/mol. The minimum absolute atomic E-state index is 0.268. The van der Waals surface area contributed by atoms with E-state index in [-0.39, 0.29) is 11.8 Å². The van der Waals surface area contributed by atoms with Crippen LogP contribution in [0.3, 0.4) is 0 Å². The van der Waals surface area contributed by atoms with Crippen molar-refractivity contribution >= 4 is 57.3 Å². The Kier molecular flexibility index (Phi) is 9.53. The van der Waals surface area contributed by atoms with Crippen LogP contribution >= 0.6 is 11.6 Å². The number of hydrogen-bond acceptors (Lipinski definition) is 7. The minimum Gasteiger partial charge on any atom is -0.493 e. The van der Waals surface area contributed by atoms with Crippen molar-refractivity contribution in [3.8, 4) is 11.6 Å². The summed E-state index contributed by atoms with van der Waals surface area (Å²) < 4.78 is 7.66. The Bertz CT molecular complexity index is 1830. The number of fused-ring (bicyclic) bond motifs is 1. The highest BCUT2D eigenvalue weighted by Gasteiger charge is 2.14. The van der Waals surface area contributed by atoms with Gasteiger partial charge in [0.2, 0.25) is 11.9 Å². The maximum Gasteiger partial charge on any atom is 0.255 e. The van der Waals surface area contributed by atoms with Gasteiger partial charge in [0, 0.05) is 46.8 Å². The summed E-state index contributed by atoms with van der Waals surface area (Å²) >= 11 is 6.52. The number of rotatable bonds is 11. The second kappa shape index (κ2) is 13.9. The number of aromatic nitrogens is 3. The van der Waals surface area contributed by atoms with Crippen molar-refractivity contribution < 1.29 is 14.3 Å². The predicted octanol–water partition coefficient (Wildman–Crippen LogP) is 6.52. The number of amides is 2. The summed E-state index contributed by atoms with van der Waals surface area (Å²) in [4.78, 5) is 36.2. The summed E-state index contributed by atoms with van der Waals surface area (Å²) in [5, 5.41) is 10.2. The first-order valence-corrected chi connectivity index (χ1v) is 14.3. The third-order valence-corrected chi connectivity index (χ3v) is 6.72. The van der Waals surface area contributed by atoms with Crippen LogP contribution in [0.15, 0.2) is 97.3 Å². The van der Waals surface area contributed by atoms with Gasteiger partial charge in [0.25, 0.3) is 5.91 Å². The molecule has 3 aromatic carbocycles. The summed E-state index contributed by atoms with van der Waals surface area (Å²) in [6, 6.07) is 21.7. The first-order chi connectivity index (χ1) is 21.3. The molecule has 0 unspecified atom stereocenters. The van der Waals surface area contributed by atoms with Gasteiger partial charge in [-0.2, -0.15) is 4.98 Å². The highest BCUT2D eigenvalue weighted by molar-refractivity contribution is 6.32. The molecule has 3 N–H and O–H groups in total. The number of hydrogen-bond donors (Lipinski definition) is 3. The van der Waals surface area contributed by atoms with Gasteiger partial charge in [-0.1, -0.05) is 35.9 Å². The summed E-state index contributed by atoms with van der Waals surface area (Å²) in [5.41, 5.74) is 3.05. The van der Waals surface area contributed by atoms with E-state index < -0.39 is 0 Å². The topological polar surface area (TPSA) is 113 Å². The van der Waals surface area contributed by atoms with Gasteiger partial charge >= 0.3 is 0 Å². The first-order valence-electron chi connectivity index (χ1n) is 14.0. The van der Waals surface area contributed by atoms with Crippen LogP contribution in [-0.4, -0.2) is 58.5 Å². The van der Waals surface area contributed by atoms with Crippen LogP contribution in [0, 0.1) is 0 Å². The number of benzene rings is 3. The summed E-state index contributed by atoms with van der Waals surface area (Å²) in [5.74, 6) is 1.04. The Morgan fingerprint density at radius 2 is 1.73 bits per heavy atom. The summed E-state index contributed by atoms with van der Waals surface area (Å²) in [6.07, 6.45) is 6.67. The Morgan fingerprint density at radius 3 is 2.52 bits per heavy atom. The molecule has 0 aliphatic carbocycles. The van der Waals surface area contributed by atoms with Crippen LogP contribution in [-0.2, 0) is 4.79 Å². The lowest BCUT2D eigenvalue weighted by Crippen LogP contribution is -2.14. The molecule has 10 nitrogen and oxygen atoms in total. The second-order valence-corrected chi connectivity index (χ2v) is 10.5. The molecule has 0 spiro atoms. The van der Waals surface area contributed by atoms with Crippen molar-refractivity contribution in [3.63, 3.8) is 0 Å². The molecule has 11 heteroatoms. The van der Waals surface area contributed by atoms with Crippen LogP contribution in [0.1, 0.15) is 17.3 Å². The average molecular weight is 610 g/mol. The number of likely N-dealkylation sites (N-methyl/N-ethyl adjacent to an activating group) is 1. The predicted molar refractivity (Wildman–Crippen MR) is 175 cm³/mol. The van der Waals surface area contributed by atoms with Crippen molar-refractivity contribution in [1.29, 1.82) is 0 Å². The molecule has 2 heterocycles. The zero-order valence-corrected chi connectivity index (χ0v) is 25.3. The van der Waals surface area contributed by atoms with Crippen molar-refractivity contribution in [2.45, 2.75) is 6.92 Å². The van der Waals surface area contributed by atoms with Gasteiger partial charge in [0.15, 0.2) is 5.82 Å². The van der Waals surface area contributed by atoms with Gasteiger partial charge in [-0.05, 0) is 75.6 Å². The highest BCUT2D eigenvalue weighted by Crippen LogP contribution is 2.31. The molecule has 0 atom stereocenters. The fraction of sp³-hybridized carbons (Fsp3) is 0.152. The lowest BCUT2D eigenvalue weighted by Gasteiger charge is -2.12. The number of ether oxygens (including phenoxy) is 1. The third kappa shape index (κ3) is 7.41. The van der Waals surface area contributed by atoms with Crippen molar-refractivity contribution in [1.82, 2.24) is 19.4 Å². The van der Waals surface area contributed by atoms with E-state index in [2.05, 4.69) is 25.9 Å². The Morgan fingerprint density at radius 1 is 0.977 bits per heavy atom. The number of nitrogens with zero attached hydrogens (tertiary/aromatic N) is 4. The third-order valence-electron chi connectivity index (χ3n) is 6.46. The molecule has 0 aliphatic rings. The number of anilines is 4. The maximum absolute atomic E-state index is 13.0. The van der Waals surface area contributed by atoms with Crippen LogP contribution < -0.4 is 20.7 Å². The lowest BCUT2D eigenvalue weighted by atomic mass is 10.1. The number of halogens is 1. The Hall–Kier alpha value is -5.19. The maximum atomic E-state index is 13.0. The van der Waals surface area contributed by atoms with Gasteiger partial charge in [-0.25, -0.2) is 4.98 Å². The van der Waals surface area contributed by atoms with Gasteiger partial charge in [0.1, 0.15) is 10.8 Å². The Labute approximate surface area is 260 Å². The molecule has 2 amide bonds. The zero-order chi connectivity index (χ0) is 31.1. The zero-order valence-electron chi connectivity index (χ0n) is 24.5. The normalized spacial score (nSPS) is 11.2. The fourth-order valence-electron chi connectivity index (χ4n) is 4.49. The molecule has 0 saturated heterocycles. The van der Waals surface area contributed by atoms with E-state index in [0.29, 0.717) is 52.6 Å². The van der Waals surface area contributed by atoms with E-state index >= 15 is 0 Å². The smallest absolute Gasteiger partial charge is 0.255 e. The minimum atomic E-state index is -0.322. The van der Waals surface area contributed by atoms with E-state index in [1.54, 1.807) is 54.7 Å². The molecule has 0 bridgehead atoms. The van der Waals surface area contributed by atoms with Crippen LogP contribution in [0.25, 0.3) is 16.7 Å². The first kappa shape index (κ1) is 30.3. The van der Waals surface area contributed by atoms with Gasteiger partial charge in [0.05, 0.1) is 18.3 Å². The fourth-order valence-corrected chi connectivity index (χ4v) is 4.67. The molecular weight excluding hydrogens is 578 g/mol. The quantitative estimate of drug-likeness (QED) is 0.146. The van der Waals surface area contributed by atoms with Crippen molar-refractivity contribution in [3.05, 3.63) is 108 Å². The Balaban J connectivity index is 1.29. The highest BCUT2D eigenvalue weighted by atomic mass is 35.5. The molecular formula is C33H32ClN7O3. The molecule has 0 saturated carbocycles. The number of carbonyl (C=O) groups excluding carboxylic acids is 2. The van der Waals surface area contributed by atoms with E-state index in [1.165, 1.54) is 6.08 Å². The summed E-state index contributed by atoms with van der Waals surface area (Å²) in [7, 11) is 3.84. The van der Waals surface area contributed by atoms with Crippen LogP contribution in [0.2, 0.25) is 5.02 Å². The average Bonchev–Trinajstić information content (AvgIpc) is 3.43. The van der Waals surface area contributed by atoms with E-state index in [4.69, 9.17) is 16.3 Å². The molecule has 5 rings (SSSR count). The SMILES string of the molecule is CCOc1cccc2c1ccn2-c1nc(Nc2cccc(NC(=O)c3cccc(NC(=O)C=CCN(C)C)c3)c2)ncc1Cl. The van der Waals surface area contributed by atoms with Gasteiger partial charge in [-0.15, -0.1) is 0 Å². The van der Waals surface area contributed by atoms with Crippen molar-refractivity contribution in [2.75, 3.05) is 43.2 Å². The van der Waals surface area contributed by atoms with Gasteiger partial charge in [-0.3, -0.25) is 14.2 Å². The molecule has 0 fully saturated rings. The molecule has 2 aromatic heterocycles.